The maximum Gasteiger partial charge on any atom is 0.220 e. The zero-order valence-electron chi connectivity index (χ0n) is 14.6. The molecule has 1 amide bonds. The second kappa shape index (κ2) is 7.62. The van der Waals surface area contributed by atoms with Gasteiger partial charge in [-0.15, -0.1) is 0 Å². The van der Waals surface area contributed by atoms with Crippen LogP contribution in [0.25, 0.3) is 0 Å². The van der Waals surface area contributed by atoms with Gasteiger partial charge in [-0.05, 0) is 19.4 Å². The molecule has 1 aromatic rings. The van der Waals surface area contributed by atoms with Crippen LogP contribution in [0.3, 0.4) is 0 Å². The van der Waals surface area contributed by atoms with Gasteiger partial charge >= 0.3 is 0 Å². The van der Waals surface area contributed by atoms with E-state index in [4.69, 9.17) is 4.74 Å². The first-order valence-corrected chi connectivity index (χ1v) is 9.59. The maximum atomic E-state index is 12.2. The first-order valence-electron chi connectivity index (χ1n) is 7.98. The van der Waals surface area contributed by atoms with Gasteiger partial charge in [0.2, 0.25) is 15.9 Å². The molecule has 0 radical (unpaired) electrons. The van der Waals surface area contributed by atoms with Gasteiger partial charge in [0, 0.05) is 38.5 Å². The predicted octanol–water partition coefficient (Wildman–Crippen LogP) is -0.0183. The van der Waals surface area contributed by atoms with Gasteiger partial charge < -0.3 is 10.1 Å². The molecule has 0 bridgehead atoms. The van der Waals surface area contributed by atoms with E-state index >= 15 is 0 Å². The van der Waals surface area contributed by atoms with Gasteiger partial charge in [-0.3, -0.25) is 9.89 Å². The summed E-state index contributed by atoms with van der Waals surface area (Å²) in [5.74, 6) is -0.365. The highest BCUT2D eigenvalue weighted by Gasteiger charge is 2.34. The van der Waals surface area contributed by atoms with Crippen LogP contribution in [0, 0.1) is 19.8 Å². The Morgan fingerprint density at radius 3 is 2.67 bits per heavy atom. The van der Waals surface area contributed by atoms with Crippen molar-refractivity contribution >= 4 is 15.9 Å². The Bertz CT molecular complexity index is 684. The molecule has 1 aliphatic rings. The fraction of sp³-hybridized carbons (Fsp3) is 0.733. The number of rotatable bonds is 7. The largest absolute Gasteiger partial charge is 0.379 e. The van der Waals surface area contributed by atoms with Crippen LogP contribution in [-0.4, -0.2) is 67.9 Å². The lowest BCUT2D eigenvalue weighted by atomic mass is 10.1. The Labute approximate surface area is 143 Å². The minimum atomic E-state index is -3.32. The minimum absolute atomic E-state index is 0.0252. The number of aromatic nitrogens is 2. The van der Waals surface area contributed by atoms with Crippen LogP contribution in [0.1, 0.15) is 23.4 Å². The first kappa shape index (κ1) is 18.9. The number of sulfonamides is 1. The summed E-state index contributed by atoms with van der Waals surface area (Å²) in [4.78, 5) is 12.2. The SMILES string of the molecule is Cc1[nH]nc(CCC(=O)N[C@H]2COC[C@H]2CS(=O)(=O)N(C)C)c1C. The van der Waals surface area contributed by atoms with E-state index in [1.54, 1.807) is 0 Å². The van der Waals surface area contributed by atoms with E-state index in [-0.39, 0.29) is 23.6 Å². The smallest absolute Gasteiger partial charge is 0.220 e. The first-order chi connectivity index (χ1) is 11.2. The third-order valence-electron chi connectivity index (χ3n) is 4.47. The average molecular weight is 358 g/mol. The lowest BCUT2D eigenvalue weighted by Crippen LogP contribution is -2.43. The van der Waals surface area contributed by atoms with Gasteiger partial charge in [0.1, 0.15) is 0 Å². The van der Waals surface area contributed by atoms with Crippen LogP contribution >= 0.6 is 0 Å². The van der Waals surface area contributed by atoms with E-state index in [1.807, 2.05) is 13.8 Å². The molecule has 0 unspecified atom stereocenters. The fourth-order valence-electron chi connectivity index (χ4n) is 2.63. The summed E-state index contributed by atoms with van der Waals surface area (Å²) in [6.07, 6.45) is 0.866. The summed E-state index contributed by atoms with van der Waals surface area (Å²) in [5, 5.41) is 9.99. The van der Waals surface area contributed by atoms with E-state index in [9.17, 15) is 13.2 Å². The molecule has 2 N–H and O–H groups in total. The number of hydrogen-bond donors (Lipinski definition) is 2. The molecule has 2 rings (SSSR count). The van der Waals surface area contributed by atoms with Gasteiger partial charge in [-0.25, -0.2) is 12.7 Å². The van der Waals surface area contributed by atoms with Crippen molar-refractivity contribution in [2.24, 2.45) is 5.92 Å². The number of ether oxygens (including phenoxy) is 1. The summed E-state index contributed by atoms with van der Waals surface area (Å²) >= 11 is 0. The topological polar surface area (TPSA) is 104 Å². The van der Waals surface area contributed by atoms with Gasteiger partial charge in [0.25, 0.3) is 0 Å². The van der Waals surface area contributed by atoms with Crippen molar-refractivity contribution in [2.75, 3.05) is 33.1 Å². The summed E-state index contributed by atoms with van der Waals surface area (Å²) < 4.78 is 30.6. The van der Waals surface area contributed by atoms with Gasteiger partial charge in [0.05, 0.1) is 30.7 Å². The molecule has 1 saturated heterocycles. The Morgan fingerprint density at radius 2 is 2.08 bits per heavy atom. The number of nitrogens with zero attached hydrogens (tertiary/aromatic N) is 2. The van der Waals surface area contributed by atoms with Crippen molar-refractivity contribution in [1.29, 1.82) is 0 Å². The second-order valence-corrected chi connectivity index (χ2v) is 8.68. The maximum absolute atomic E-state index is 12.2. The Hall–Kier alpha value is -1.45. The molecule has 24 heavy (non-hydrogen) atoms. The van der Waals surface area contributed by atoms with E-state index in [1.165, 1.54) is 18.4 Å². The van der Waals surface area contributed by atoms with Crippen molar-refractivity contribution < 1.29 is 17.9 Å². The number of H-pyrrole nitrogens is 1. The van der Waals surface area contributed by atoms with Crippen molar-refractivity contribution in [3.63, 3.8) is 0 Å². The Morgan fingerprint density at radius 1 is 1.38 bits per heavy atom. The minimum Gasteiger partial charge on any atom is -0.379 e. The third kappa shape index (κ3) is 4.55. The van der Waals surface area contributed by atoms with Crippen LogP contribution in [0.15, 0.2) is 0 Å². The summed E-state index contributed by atoms with van der Waals surface area (Å²) in [6, 6.07) is -0.269. The van der Waals surface area contributed by atoms with E-state index in [2.05, 4.69) is 15.5 Å². The normalized spacial score (nSPS) is 21.4. The standard InChI is InChI=1S/C15H26N4O4S/c1-10-11(2)17-18-13(10)5-6-15(20)16-14-8-23-7-12(14)9-24(21,22)19(3)4/h12,14H,5-9H2,1-4H3,(H,16,20)(H,17,18)/t12-,14-/m0/s1. The highest BCUT2D eigenvalue weighted by atomic mass is 32.2. The number of nitrogens with one attached hydrogen (secondary N) is 2. The number of amides is 1. The van der Waals surface area contributed by atoms with Crippen molar-refractivity contribution in [3.05, 3.63) is 17.0 Å². The van der Waals surface area contributed by atoms with Gasteiger partial charge in [-0.1, -0.05) is 0 Å². The number of hydrogen-bond acceptors (Lipinski definition) is 5. The molecule has 0 aliphatic carbocycles. The Balaban J connectivity index is 1.87. The molecule has 2 heterocycles. The van der Waals surface area contributed by atoms with Crippen LogP contribution in [0.4, 0.5) is 0 Å². The van der Waals surface area contributed by atoms with E-state index in [0.717, 1.165) is 17.0 Å². The fourth-order valence-corrected chi connectivity index (χ4v) is 3.80. The number of carbonyl (C=O) groups excluding carboxylic acids is 1. The number of aromatic amines is 1. The molecule has 1 aromatic heterocycles. The highest BCUT2D eigenvalue weighted by Crippen LogP contribution is 2.18. The summed E-state index contributed by atoms with van der Waals surface area (Å²) in [5.41, 5.74) is 2.96. The van der Waals surface area contributed by atoms with Crippen LogP contribution < -0.4 is 5.32 Å². The lowest BCUT2D eigenvalue weighted by Gasteiger charge is -2.21. The molecular formula is C15H26N4O4S. The van der Waals surface area contributed by atoms with Crippen LogP contribution in [0.5, 0.6) is 0 Å². The molecule has 1 aliphatic heterocycles. The zero-order chi connectivity index (χ0) is 17.9. The molecular weight excluding hydrogens is 332 g/mol. The van der Waals surface area contributed by atoms with Gasteiger partial charge in [0.15, 0.2) is 0 Å². The molecule has 0 spiro atoms. The molecule has 2 atom stereocenters. The molecule has 136 valence electrons. The monoisotopic (exact) mass is 358 g/mol. The second-order valence-electron chi connectivity index (χ2n) is 6.45. The van der Waals surface area contributed by atoms with E-state index in [0.29, 0.717) is 26.1 Å². The average Bonchev–Trinajstić information content (AvgIpc) is 3.05. The van der Waals surface area contributed by atoms with Crippen molar-refractivity contribution in [3.8, 4) is 0 Å². The van der Waals surface area contributed by atoms with Crippen molar-refractivity contribution in [1.82, 2.24) is 19.8 Å². The van der Waals surface area contributed by atoms with Crippen LogP contribution in [0.2, 0.25) is 0 Å². The predicted molar refractivity (Wildman–Crippen MR) is 90.1 cm³/mol. The Kier molecular flexibility index (Phi) is 6.00. The number of aryl methyl sites for hydroxylation is 2. The zero-order valence-corrected chi connectivity index (χ0v) is 15.4. The third-order valence-corrected chi connectivity index (χ3v) is 6.43. The highest BCUT2D eigenvalue weighted by molar-refractivity contribution is 7.89. The quantitative estimate of drug-likeness (QED) is 0.713. The van der Waals surface area contributed by atoms with E-state index < -0.39 is 10.0 Å². The molecule has 1 fully saturated rings. The van der Waals surface area contributed by atoms with Crippen molar-refractivity contribution in [2.45, 2.75) is 32.7 Å². The van der Waals surface area contributed by atoms with Gasteiger partial charge in [-0.2, -0.15) is 5.10 Å². The molecule has 0 saturated carbocycles. The lowest BCUT2D eigenvalue weighted by molar-refractivity contribution is -0.122. The molecule has 0 aromatic carbocycles. The summed E-state index contributed by atoms with van der Waals surface area (Å²) in [7, 11) is -0.307. The van der Waals surface area contributed by atoms with Crippen LogP contribution in [-0.2, 0) is 26.0 Å². The molecule has 8 nitrogen and oxygen atoms in total. The number of carbonyl (C=O) groups is 1. The molecule has 9 heteroatoms. The summed E-state index contributed by atoms with van der Waals surface area (Å²) in [6.45, 7) is 4.60.